The number of fused-ring (bicyclic) bond motifs is 1. The first kappa shape index (κ1) is 17.0. The third-order valence-electron chi connectivity index (χ3n) is 5.13. The maximum Gasteiger partial charge on any atom is 0.242 e. The molecule has 1 fully saturated rings. The van der Waals surface area contributed by atoms with Crippen LogP contribution < -0.4 is 4.90 Å². The zero-order valence-corrected chi connectivity index (χ0v) is 15.6. The van der Waals surface area contributed by atoms with Gasteiger partial charge < -0.3 is 14.4 Å². The average molecular weight is 368 g/mol. The third-order valence-corrected chi connectivity index (χ3v) is 5.37. The Hall–Kier alpha value is -2.46. The van der Waals surface area contributed by atoms with E-state index in [1.54, 1.807) is 0 Å². The first-order chi connectivity index (χ1) is 12.6. The van der Waals surface area contributed by atoms with Gasteiger partial charge in [-0.25, -0.2) is 0 Å². The highest BCUT2D eigenvalue weighted by atomic mass is 35.5. The van der Waals surface area contributed by atoms with E-state index in [9.17, 15) is 4.79 Å². The number of anilines is 1. The number of halogens is 1. The molecule has 5 heteroatoms. The summed E-state index contributed by atoms with van der Waals surface area (Å²) in [5.74, 6) is 0.175. The first-order valence-electron chi connectivity index (χ1n) is 8.94. The summed E-state index contributed by atoms with van der Waals surface area (Å²) in [7, 11) is 0. The monoisotopic (exact) mass is 367 g/mol. The molecule has 1 aromatic heterocycles. The molecule has 4 nitrogen and oxygen atoms in total. The van der Waals surface area contributed by atoms with Crippen LogP contribution in [0.1, 0.15) is 5.56 Å². The molecule has 0 atom stereocenters. The summed E-state index contributed by atoms with van der Waals surface area (Å²) in [6.07, 6.45) is 1.99. The molecule has 1 amide bonds. The predicted molar refractivity (Wildman–Crippen MR) is 107 cm³/mol. The van der Waals surface area contributed by atoms with Crippen molar-refractivity contribution in [1.82, 2.24) is 9.47 Å². The zero-order valence-electron chi connectivity index (χ0n) is 14.9. The van der Waals surface area contributed by atoms with Crippen molar-refractivity contribution in [3.63, 3.8) is 0 Å². The van der Waals surface area contributed by atoms with E-state index < -0.39 is 0 Å². The van der Waals surface area contributed by atoms with Crippen LogP contribution in [0.3, 0.4) is 0 Å². The van der Waals surface area contributed by atoms with Gasteiger partial charge in [0.25, 0.3) is 0 Å². The van der Waals surface area contributed by atoms with E-state index >= 15 is 0 Å². The molecule has 1 saturated heterocycles. The third kappa shape index (κ3) is 3.29. The van der Waals surface area contributed by atoms with E-state index in [0.29, 0.717) is 6.54 Å². The molecule has 1 aliphatic rings. The SMILES string of the molecule is Cc1ccc(Cl)cc1N1CCN(C(=O)Cn2ccc3ccccc32)CC1. The van der Waals surface area contributed by atoms with Crippen LogP contribution in [0.15, 0.2) is 54.7 Å². The zero-order chi connectivity index (χ0) is 18.1. The number of para-hydroxylation sites is 1. The Kier molecular flexibility index (Phi) is 4.60. The van der Waals surface area contributed by atoms with Crippen molar-refractivity contribution in [3.05, 3.63) is 65.3 Å². The van der Waals surface area contributed by atoms with Crippen LogP contribution >= 0.6 is 11.6 Å². The van der Waals surface area contributed by atoms with Gasteiger partial charge in [0.1, 0.15) is 6.54 Å². The molecular formula is C21H22ClN3O. The summed E-state index contributed by atoms with van der Waals surface area (Å²) >= 11 is 6.15. The number of nitrogens with zero attached hydrogens (tertiary/aromatic N) is 3. The van der Waals surface area contributed by atoms with Crippen LogP contribution in [0, 0.1) is 6.92 Å². The Morgan fingerprint density at radius 1 is 1.04 bits per heavy atom. The van der Waals surface area contributed by atoms with Crippen molar-refractivity contribution in [2.45, 2.75) is 13.5 Å². The molecule has 0 radical (unpaired) electrons. The van der Waals surface area contributed by atoms with E-state index in [-0.39, 0.29) is 5.91 Å². The normalized spacial score (nSPS) is 14.8. The maximum atomic E-state index is 12.7. The van der Waals surface area contributed by atoms with Crippen LogP contribution in [0.25, 0.3) is 10.9 Å². The van der Waals surface area contributed by atoms with Gasteiger partial charge >= 0.3 is 0 Å². The van der Waals surface area contributed by atoms with Gasteiger partial charge in [-0.15, -0.1) is 0 Å². The predicted octanol–water partition coefficient (Wildman–Crippen LogP) is 3.95. The Morgan fingerprint density at radius 3 is 2.62 bits per heavy atom. The minimum Gasteiger partial charge on any atom is -0.368 e. The number of rotatable bonds is 3. The number of amides is 1. The summed E-state index contributed by atoms with van der Waals surface area (Å²) in [6, 6.07) is 16.2. The minimum atomic E-state index is 0.175. The molecule has 0 bridgehead atoms. The fraction of sp³-hybridized carbons (Fsp3) is 0.286. The molecule has 0 N–H and O–H groups in total. The highest BCUT2D eigenvalue weighted by Gasteiger charge is 2.22. The van der Waals surface area contributed by atoms with Gasteiger partial charge in [-0.1, -0.05) is 35.9 Å². The number of aryl methyl sites for hydroxylation is 1. The smallest absolute Gasteiger partial charge is 0.242 e. The van der Waals surface area contributed by atoms with Crippen molar-refractivity contribution in [2.24, 2.45) is 0 Å². The van der Waals surface area contributed by atoms with E-state index in [1.807, 2.05) is 46.0 Å². The Labute approximate surface area is 158 Å². The van der Waals surface area contributed by atoms with Gasteiger partial charge in [0, 0.05) is 48.6 Å². The van der Waals surface area contributed by atoms with Crippen LogP contribution in [0.2, 0.25) is 5.02 Å². The first-order valence-corrected chi connectivity index (χ1v) is 9.32. The average Bonchev–Trinajstić information content (AvgIpc) is 3.07. The second-order valence-corrected chi connectivity index (χ2v) is 7.24. The number of carbonyl (C=O) groups excluding carboxylic acids is 1. The van der Waals surface area contributed by atoms with Crippen LogP contribution in [0.4, 0.5) is 5.69 Å². The van der Waals surface area contributed by atoms with E-state index in [4.69, 9.17) is 11.6 Å². The molecule has 0 unspecified atom stereocenters. The summed E-state index contributed by atoms with van der Waals surface area (Å²) in [5, 5.41) is 1.92. The van der Waals surface area contributed by atoms with Crippen LogP contribution in [-0.2, 0) is 11.3 Å². The highest BCUT2D eigenvalue weighted by molar-refractivity contribution is 6.30. The van der Waals surface area contributed by atoms with Crippen LogP contribution in [-0.4, -0.2) is 41.6 Å². The molecule has 0 spiro atoms. The van der Waals surface area contributed by atoms with E-state index in [1.165, 1.54) is 16.6 Å². The van der Waals surface area contributed by atoms with Crippen LogP contribution in [0.5, 0.6) is 0 Å². The molecule has 1 aliphatic heterocycles. The Morgan fingerprint density at radius 2 is 1.81 bits per heavy atom. The number of benzene rings is 2. The van der Waals surface area contributed by atoms with Crippen molar-refractivity contribution in [3.8, 4) is 0 Å². The van der Waals surface area contributed by atoms with Gasteiger partial charge in [0.05, 0.1) is 0 Å². The van der Waals surface area contributed by atoms with Gasteiger partial charge in [-0.05, 0) is 42.1 Å². The molecule has 2 heterocycles. The number of aromatic nitrogens is 1. The number of hydrogen-bond donors (Lipinski definition) is 0. The molecule has 2 aromatic carbocycles. The van der Waals surface area contributed by atoms with Gasteiger partial charge in [0.2, 0.25) is 5.91 Å². The quantitative estimate of drug-likeness (QED) is 0.701. The van der Waals surface area contributed by atoms with Crippen molar-refractivity contribution in [1.29, 1.82) is 0 Å². The van der Waals surface area contributed by atoms with Crippen molar-refractivity contribution < 1.29 is 4.79 Å². The van der Waals surface area contributed by atoms with Crippen molar-refractivity contribution in [2.75, 3.05) is 31.1 Å². The number of hydrogen-bond acceptors (Lipinski definition) is 2. The maximum absolute atomic E-state index is 12.7. The van der Waals surface area contributed by atoms with Gasteiger partial charge in [0.15, 0.2) is 0 Å². The lowest BCUT2D eigenvalue weighted by molar-refractivity contribution is -0.132. The summed E-state index contributed by atoms with van der Waals surface area (Å²) in [6.45, 7) is 5.64. The molecule has 134 valence electrons. The minimum absolute atomic E-state index is 0.175. The second kappa shape index (κ2) is 7.04. The second-order valence-electron chi connectivity index (χ2n) is 6.80. The number of carbonyl (C=O) groups is 1. The standard InChI is InChI=1S/C21H22ClN3O/c1-16-6-7-18(22)14-20(16)23-10-12-24(13-11-23)21(26)15-25-9-8-17-4-2-3-5-19(17)25/h2-9,14H,10-13,15H2,1H3. The summed E-state index contributed by atoms with van der Waals surface area (Å²) in [4.78, 5) is 17.0. The lowest BCUT2D eigenvalue weighted by atomic mass is 10.1. The molecule has 3 aromatic rings. The fourth-order valence-corrected chi connectivity index (χ4v) is 3.81. The largest absolute Gasteiger partial charge is 0.368 e. The molecule has 4 rings (SSSR count). The molecular weight excluding hydrogens is 346 g/mol. The topological polar surface area (TPSA) is 28.5 Å². The lowest BCUT2D eigenvalue weighted by Gasteiger charge is -2.37. The summed E-state index contributed by atoms with van der Waals surface area (Å²) < 4.78 is 2.03. The fourth-order valence-electron chi connectivity index (χ4n) is 3.64. The van der Waals surface area contributed by atoms with E-state index in [0.717, 1.165) is 36.7 Å². The molecule has 0 aliphatic carbocycles. The van der Waals surface area contributed by atoms with Crippen molar-refractivity contribution >= 4 is 34.1 Å². The Balaban J connectivity index is 1.41. The molecule has 0 saturated carbocycles. The molecule has 26 heavy (non-hydrogen) atoms. The lowest BCUT2D eigenvalue weighted by Crippen LogP contribution is -2.49. The van der Waals surface area contributed by atoms with E-state index in [2.05, 4.69) is 30.0 Å². The highest BCUT2D eigenvalue weighted by Crippen LogP contribution is 2.25. The summed E-state index contributed by atoms with van der Waals surface area (Å²) in [5.41, 5.74) is 3.49. The Bertz CT molecular complexity index is 941. The van der Waals surface area contributed by atoms with Gasteiger partial charge in [-0.3, -0.25) is 4.79 Å². The van der Waals surface area contributed by atoms with Gasteiger partial charge in [-0.2, -0.15) is 0 Å². The number of piperazine rings is 1.